The molecule has 7 fully saturated rings. The molecule has 0 bridgehead atoms. The molecule has 7 aliphatic rings. The maximum absolute atomic E-state index is 12.3. The van der Waals surface area contributed by atoms with Crippen molar-refractivity contribution >= 4 is 96.2 Å². The minimum atomic E-state index is -1.18. The summed E-state index contributed by atoms with van der Waals surface area (Å²) >= 11 is 4.81. The van der Waals surface area contributed by atoms with Gasteiger partial charge in [-0.05, 0) is 172 Å². The van der Waals surface area contributed by atoms with Gasteiger partial charge in [-0.25, -0.2) is 31.0 Å². The molecule has 39 nitrogen and oxygen atoms in total. The Kier molecular flexibility index (Phi) is 43.9. The molecule has 0 aliphatic heterocycles. The summed E-state index contributed by atoms with van der Waals surface area (Å²) in [6, 6.07) is 29.4. The van der Waals surface area contributed by atoms with Crippen LogP contribution in [0.3, 0.4) is 0 Å². The first-order valence-electron chi connectivity index (χ1n) is 41.1. The molecule has 0 saturated heterocycles. The number of nitrogens with zero attached hydrogens (tertiary/aromatic N) is 12. The minimum Gasteiger partial charge on any atom is -0.456 e. The summed E-state index contributed by atoms with van der Waals surface area (Å²) in [5, 5.41) is 83.6. The Balaban J connectivity index is 0.000000268. The quantitative estimate of drug-likeness (QED) is 0.00573. The molecule has 7 saturated carbocycles. The molecule has 7 aliphatic carbocycles. The number of esters is 2. The highest BCUT2D eigenvalue weighted by molar-refractivity contribution is 7.85. The van der Waals surface area contributed by atoms with Crippen LogP contribution in [0.1, 0.15) is 268 Å². The zero-order chi connectivity index (χ0) is 95.0. The Bertz CT molecular complexity index is 4830. The van der Waals surface area contributed by atoms with Gasteiger partial charge in [0.1, 0.15) is 24.8 Å². The fourth-order valence-electron chi connectivity index (χ4n) is 11.5. The number of aliphatic hydroxyl groups excluding tert-OH is 2. The van der Waals surface area contributed by atoms with Gasteiger partial charge in [0.2, 0.25) is 0 Å². The highest BCUT2D eigenvalue weighted by Crippen LogP contribution is 2.39. The van der Waals surface area contributed by atoms with Crippen LogP contribution in [0, 0.1) is 57.7 Å². The molecule has 44 heteroatoms. The summed E-state index contributed by atoms with van der Waals surface area (Å²) in [5.74, 6) is 3.80. The van der Waals surface area contributed by atoms with Gasteiger partial charge in [0.25, 0.3) is 34.7 Å². The molecule has 2 aromatic carbocycles. The number of nitrogens with one attached hydrogen (secondary N) is 5. The fraction of sp³-hybridized carbons (Fsp3) is 0.576. The molecule has 0 spiro atoms. The second kappa shape index (κ2) is 51.9. The van der Waals surface area contributed by atoms with E-state index in [0.717, 1.165) is 88.2 Å². The number of carbonyl (C=O) groups is 6. The number of ketones is 1. The van der Waals surface area contributed by atoms with Crippen LogP contribution in [0.2, 0.25) is 0 Å². The van der Waals surface area contributed by atoms with Gasteiger partial charge in [-0.15, -0.1) is 0 Å². The van der Waals surface area contributed by atoms with Crippen LogP contribution in [-0.4, -0.2) is 169 Å². The summed E-state index contributed by atoms with van der Waals surface area (Å²) < 4.78 is 88.1. The number of aromatic nitrogens is 8. The Morgan fingerprint density at radius 1 is 0.527 bits per heavy atom. The van der Waals surface area contributed by atoms with E-state index in [2.05, 4.69) is 94.1 Å². The lowest BCUT2D eigenvalue weighted by Gasteiger charge is -2.36. The van der Waals surface area contributed by atoms with Crippen molar-refractivity contribution < 1.29 is 93.1 Å². The van der Waals surface area contributed by atoms with Gasteiger partial charge in [-0.1, -0.05) is 111 Å². The van der Waals surface area contributed by atoms with Crippen LogP contribution in [0.5, 0.6) is 0 Å². The standard InChI is InChI=1S/2C17H16N4O4.C13H21N3O4S.C9H19N3O2S.C9H16N2OS.C6H7N.C5H5NO.C4H5ClO3.C4H11NOS.CH4/c2*22-9-15-19-16(21-25-15)11-6-12(7-11)18-17(23)13-8-14(24-20-13)10-4-2-1-3-5-10;1-8(17)19-7-11-14-12(15-20-11)9-5-10(6-9)16-21(18)13(2,3)4;1-9(2,3)15(14)12-7-4-6(5-7)8(10)11-13;1-9(2,3)13(12)11-8-4-7(5-8)6-10;1-5-2-6(3-5)4-7;6-3-4-1-5(7)2-4;1-3(6)8-2-4(5)7;1-4(2,3)7(5)6;/h2*1-5,8,11-12,22H,6-7,9H2,(H,18,23);9-10,16H,5-7H2,1-4H3;6-7,12-13H,4-5H2,1-3H3,(H2,10,11);7-8,11H,4-5H2,1-3H3;6H,1-3H2;4H,1-2H2;2H2,1H3;5H2,1-3H3;1H4. The van der Waals surface area contributed by atoms with E-state index in [1.165, 1.54) is 19.4 Å². The van der Waals surface area contributed by atoms with E-state index >= 15 is 0 Å². The molecule has 0 radical (unpaired) electrons. The SMILES string of the molecule is C.C=C1CC(C#N)C1.CC(=O)OCC(=O)Cl.CC(=O)OCc1nc(C2CC(NS(=O)C(C)(C)C)C2)no1.CC(C)(C)S(=O)NC1CC(/C(N)=N/O)C1.CC(C)(C)S(=O)NC1CC(C#N)C1.CC(C)(C)S(N)=O.N#CC1CC(=O)C1.O=C(NC1CC(c2noc(CO)n2)C1)c1cc(-c2ccccc2)on1.O=C(NC1CC(c2noc(CO)n2)C1)c1cc(-c2ccccc2)on1. The van der Waals surface area contributed by atoms with Gasteiger partial charge < -0.3 is 63.9 Å². The van der Waals surface area contributed by atoms with Crippen LogP contribution in [-0.2, 0) is 92.4 Å². The van der Waals surface area contributed by atoms with E-state index in [4.69, 9.17) is 81.0 Å². The molecule has 129 heavy (non-hydrogen) atoms. The summed E-state index contributed by atoms with van der Waals surface area (Å²) in [6.07, 6.45) is 10.7. The van der Waals surface area contributed by atoms with E-state index in [1.807, 2.05) is 150 Å². The number of aliphatic hydroxyl groups is 2. The molecule has 4 unspecified atom stereocenters. The zero-order valence-electron chi connectivity index (χ0n) is 74.1. The average Bonchev–Trinajstić information content (AvgIpc) is 1.70. The largest absolute Gasteiger partial charge is 0.456 e. The number of hydrogen-bond donors (Lipinski definition) is 10. The molecular formula is C85H120ClN19O20S4. The van der Waals surface area contributed by atoms with Gasteiger partial charge in [-0.3, -0.25) is 33.9 Å². The first-order chi connectivity index (χ1) is 60.2. The van der Waals surface area contributed by atoms with Crippen molar-refractivity contribution in [2.24, 2.45) is 39.7 Å². The van der Waals surface area contributed by atoms with Crippen LogP contribution in [0.15, 0.2) is 113 Å². The third-order valence-electron chi connectivity index (χ3n) is 19.8. The van der Waals surface area contributed by atoms with Crippen molar-refractivity contribution in [2.45, 2.75) is 281 Å². The number of allylic oxidation sites excluding steroid dienone is 1. The lowest BCUT2D eigenvalue weighted by atomic mass is 9.79. The maximum Gasteiger partial charge on any atom is 0.303 e. The number of ether oxygens (including phenoxy) is 2. The second-order valence-corrected chi connectivity index (χ2v) is 43.1. The van der Waals surface area contributed by atoms with E-state index < -0.39 is 55.2 Å². The predicted octanol–water partition coefficient (Wildman–Crippen LogP) is 10.4. The summed E-state index contributed by atoms with van der Waals surface area (Å²) in [5.41, 5.74) is 8.93. The number of carbonyl (C=O) groups excluding carboxylic acids is 6. The second-order valence-electron chi connectivity index (χ2n) is 34.8. The summed E-state index contributed by atoms with van der Waals surface area (Å²) in [6.45, 7) is 28.3. The van der Waals surface area contributed by atoms with Crippen molar-refractivity contribution in [3.05, 3.63) is 131 Å². The molecule has 5 aromatic heterocycles. The molecule has 7 aromatic rings. The lowest BCUT2D eigenvalue weighted by molar-refractivity contribution is -0.144. The van der Waals surface area contributed by atoms with Crippen LogP contribution >= 0.6 is 11.6 Å². The zero-order valence-corrected chi connectivity index (χ0v) is 78.1. The predicted molar refractivity (Wildman–Crippen MR) is 479 cm³/mol. The number of Topliss-reactive ketones (excluding diaryl/α,β-unsaturated/α-hetero) is 1. The van der Waals surface area contributed by atoms with E-state index in [0.29, 0.717) is 53.6 Å². The van der Waals surface area contributed by atoms with Crippen LogP contribution < -0.4 is 35.7 Å². The number of halogens is 1. The Morgan fingerprint density at radius 3 is 1.16 bits per heavy atom. The summed E-state index contributed by atoms with van der Waals surface area (Å²) in [7, 11) is -4.28. The molecule has 2 amide bonds. The van der Waals surface area contributed by atoms with E-state index in [-0.39, 0.29) is 171 Å². The smallest absolute Gasteiger partial charge is 0.303 e. The lowest BCUT2D eigenvalue weighted by Crippen LogP contribution is -2.49. The molecule has 12 N–H and O–H groups in total. The average molecular weight is 1890 g/mol. The number of oxime groups is 1. The molecule has 5 heterocycles. The number of nitriles is 3. The van der Waals surface area contributed by atoms with E-state index in [9.17, 15) is 45.6 Å². The normalized spacial score (nSPS) is 21.5. The molecular weight excluding hydrogens is 1770 g/mol. The summed E-state index contributed by atoms with van der Waals surface area (Å²) in [4.78, 5) is 77.5. The number of nitrogens with two attached hydrogens (primary N) is 2. The number of hydrogen-bond acceptors (Lipinski definition) is 32. The van der Waals surface area contributed by atoms with Crippen molar-refractivity contribution in [3.8, 4) is 40.9 Å². The van der Waals surface area contributed by atoms with Gasteiger partial charge in [-0.2, -0.15) is 30.7 Å². The van der Waals surface area contributed by atoms with Crippen LogP contribution in [0.4, 0.5) is 0 Å². The maximum atomic E-state index is 12.3. The van der Waals surface area contributed by atoms with Crippen molar-refractivity contribution in [1.29, 1.82) is 15.8 Å². The molecule has 706 valence electrons. The Hall–Kier alpha value is -10.4. The third kappa shape index (κ3) is 37.6. The topological polar surface area (TPSA) is 615 Å². The van der Waals surface area contributed by atoms with Gasteiger partial charge in [0.15, 0.2) is 53.6 Å². The van der Waals surface area contributed by atoms with Crippen molar-refractivity contribution in [2.75, 3.05) is 6.61 Å². The highest BCUT2D eigenvalue weighted by atomic mass is 35.5. The number of rotatable bonds is 22. The first-order valence-corrected chi connectivity index (χ1v) is 46.1. The monoisotopic (exact) mass is 1890 g/mol. The minimum absolute atomic E-state index is 0. The fourth-order valence-corrected chi connectivity index (χ4v) is 14.1. The van der Waals surface area contributed by atoms with Crippen molar-refractivity contribution in [1.82, 2.24) is 65.5 Å². The number of amides is 2. The van der Waals surface area contributed by atoms with Gasteiger partial charge in [0.05, 0.1) is 93.0 Å². The Morgan fingerprint density at radius 2 is 0.868 bits per heavy atom. The van der Waals surface area contributed by atoms with Gasteiger partial charge in [0, 0.05) is 110 Å². The van der Waals surface area contributed by atoms with Gasteiger partial charge >= 0.3 is 11.9 Å². The molecule has 14 rings (SSSR count). The number of amidine groups is 1. The van der Waals surface area contributed by atoms with E-state index in [1.54, 1.807) is 12.1 Å². The number of benzene rings is 2. The highest BCUT2D eigenvalue weighted by Gasteiger charge is 2.40. The van der Waals surface area contributed by atoms with Crippen LogP contribution in [0.25, 0.3) is 22.6 Å². The Labute approximate surface area is 765 Å². The van der Waals surface area contributed by atoms with Crippen molar-refractivity contribution in [3.63, 3.8) is 0 Å². The first kappa shape index (κ1) is 109. The third-order valence-corrected chi connectivity index (χ3v) is 26.1. The molecule has 4 atom stereocenters.